The monoisotopic (exact) mass is 226 g/mol. The van der Waals surface area contributed by atoms with E-state index in [1.165, 1.54) is 6.20 Å². The first-order valence-corrected chi connectivity index (χ1v) is 5.51. The number of aromatic nitrogens is 1. The van der Waals surface area contributed by atoms with Crippen molar-refractivity contribution in [3.05, 3.63) is 27.1 Å². The van der Waals surface area contributed by atoms with Gasteiger partial charge >= 0.3 is 5.00 Å². The molecule has 2 rings (SSSR count). The van der Waals surface area contributed by atoms with Gasteiger partial charge in [-0.3, -0.25) is 10.1 Å². The third-order valence-electron chi connectivity index (χ3n) is 2.37. The van der Waals surface area contributed by atoms with Crippen LogP contribution in [0.15, 0.2) is 12.0 Å². The number of thiazole rings is 1. The SMILES string of the molecule is O=[N+]([O-])c1cnc(C2=C(O)CCCC2)s1. The van der Waals surface area contributed by atoms with Gasteiger partial charge in [0.25, 0.3) is 0 Å². The predicted molar refractivity (Wildman–Crippen MR) is 56.8 cm³/mol. The molecule has 0 unspecified atom stereocenters. The van der Waals surface area contributed by atoms with Crippen LogP contribution >= 0.6 is 11.3 Å². The van der Waals surface area contributed by atoms with Crippen molar-refractivity contribution in [1.82, 2.24) is 4.98 Å². The predicted octanol–water partition coefficient (Wildman–Crippen LogP) is 2.89. The number of aliphatic hydroxyl groups is 1. The summed E-state index contributed by atoms with van der Waals surface area (Å²) in [7, 11) is 0. The molecule has 0 fully saturated rings. The Kier molecular flexibility index (Phi) is 2.68. The molecule has 0 amide bonds. The van der Waals surface area contributed by atoms with Crippen LogP contribution < -0.4 is 0 Å². The van der Waals surface area contributed by atoms with Gasteiger partial charge in [0.05, 0.1) is 10.7 Å². The first-order valence-electron chi connectivity index (χ1n) is 4.70. The van der Waals surface area contributed by atoms with E-state index >= 15 is 0 Å². The Bertz CT molecular complexity index is 425. The molecule has 1 aliphatic carbocycles. The van der Waals surface area contributed by atoms with Crippen LogP contribution in [0.25, 0.3) is 5.57 Å². The Morgan fingerprint density at radius 2 is 2.20 bits per heavy atom. The Hall–Kier alpha value is -1.43. The molecule has 0 radical (unpaired) electrons. The normalized spacial score (nSPS) is 16.8. The number of aliphatic hydroxyl groups excluding tert-OH is 1. The van der Waals surface area contributed by atoms with E-state index in [0.29, 0.717) is 17.2 Å². The van der Waals surface area contributed by atoms with Crippen molar-refractivity contribution in [2.24, 2.45) is 0 Å². The lowest BCUT2D eigenvalue weighted by atomic mass is 9.98. The standard InChI is InChI=1S/C9H10N2O3S/c12-7-4-2-1-3-6(7)9-10-5-8(15-9)11(13)14/h5,12H,1-4H2. The largest absolute Gasteiger partial charge is 0.512 e. The lowest BCUT2D eigenvalue weighted by molar-refractivity contribution is -0.380. The van der Waals surface area contributed by atoms with Gasteiger partial charge in [-0.1, -0.05) is 0 Å². The van der Waals surface area contributed by atoms with Gasteiger partial charge in [0.15, 0.2) is 0 Å². The molecule has 0 saturated heterocycles. The van der Waals surface area contributed by atoms with Gasteiger partial charge in [0.2, 0.25) is 0 Å². The molecule has 1 aromatic heterocycles. The van der Waals surface area contributed by atoms with Crippen LogP contribution in [-0.2, 0) is 0 Å². The lowest BCUT2D eigenvalue weighted by Gasteiger charge is -2.13. The van der Waals surface area contributed by atoms with Crippen LogP contribution in [0.3, 0.4) is 0 Å². The van der Waals surface area contributed by atoms with E-state index < -0.39 is 4.92 Å². The van der Waals surface area contributed by atoms with E-state index in [1.54, 1.807) is 0 Å². The van der Waals surface area contributed by atoms with Gasteiger partial charge in [-0.15, -0.1) is 0 Å². The summed E-state index contributed by atoms with van der Waals surface area (Å²) >= 11 is 1.02. The van der Waals surface area contributed by atoms with Crippen molar-refractivity contribution < 1.29 is 10.0 Å². The highest BCUT2D eigenvalue weighted by Crippen LogP contribution is 2.34. The van der Waals surface area contributed by atoms with Crippen LogP contribution in [0.2, 0.25) is 0 Å². The molecule has 0 saturated carbocycles. The maximum atomic E-state index is 10.5. The molecule has 1 aliphatic rings. The van der Waals surface area contributed by atoms with Gasteiger partial charge in [-0.2, -0.15) is 0 Å². The van der Waals surface area contributed by atoms with E-state index in [9.17, 15) is 15.2 Å². The van der Waals surface area contributed by atoms with Crippen molar-refractivity contribution in [3.63, 3.8) is 0 Å². The molecule has 0 aromatic carbocycles. The summed E-state index contributed by atoms with van der Waals surface area (Å²) in [6.07, 6.45) is 4.64. The Balaban J connectivity index is 2.32. The van der Waals surface area contributed by atoms with Crippen molar-refractivity contribution in [3.8, 4) is 0 Å². The van der Waals surface area contributed by atoms with E-state index in [-0.39, 0.29) is 5.00 Å². The first kappa shape index (κ1) is 10.1. The lowest BCUT2D eigenvalue weighted by Crippen LogP contribution is -1.98. The molecule has 0 aliphatic heterocycles. The minimum atomic E-state index is -0.457. The summed E-state index contributed by atoms with van der Waals surface area (Å²) in [5.74, 6) is 0.338. The molecule has 1 aromatic rings. The molecule has 1 heterocycles. The number of nitro groups is 1. The Labute approximate surface area is 90.2 Å². The first-order chi connectivity index (χ1) is 7.18. The summed E-state index contributed by atoms with van der Waals surface area (Å²) < 4.78 is 0. The van der Waals surface area contributed by atoms with E-state index in [4.69, 9.17) is 0 Å². The molecule has 6 heteroatoms. The van der Waals surface area contributed by atoms with Crippen LogP contribution in [0, 0.1) is 10.1 Å². The van der Waals surface area contributed by atoms with Gasteiger partial charge in [-0.25, -0.2) is 4.98 Å². The van der Waals surface area contributed by atoms with Crippen molar-refractivity contribution in [1.29, 1.82) is 0 Å². The summed E-state index contributed by atoms with van der Waals surface area (Å²) in [6.45, 7) is 0. The minimum Gasteiger partial charge on any atom is -0.512 e. The molecule has 15 heavy (non-hydrogen) atoms. The van der Waals surface area contributed by atoms with Gasteiger partial charge in [0, 0.05) is 12.0 Å². The molecule has 0 spiro atoms. The highest BCUT2D eigenvalue weighted by molar-refractivity contribution is 7.15. The Morgan fingerprint density at radius 1 is 1.47 bits per heavy atom. The fourth-order valence-corrected chi connectivity index (χ4v) is 2.44. The zero-order valence-electron chi connectivity index (χ0n) is 7.97. The summed E-state index contributed by atoms with van der Waals surface area (Å²) in [4.78, 5) is 14.0. The minimum absolute atomic E-state index is 0.0240. The number of hydrogen-bond acceptors (Lipinski definition) is 5. The third-order valence-corrected chi connectivity index (χ3v) is 3.38. The molecule has 0 atom stereocenters. The summed E-state index contributed by atoms with van der Waals surface area (Å²) in [5.41, 5.74) is 0.777. The highest BCUT2D eigenvalue weighted by Gasteiger charge is 2.19. The summed E-state index contributed by atoms with van der Waals surface area (Å²) in [5, 5.41) is 20.7. The molecular formula is C9H10N2O3S. The maximum absolute atomic E-state index is 10.5. The van der Waals surface area contributed by atoms with Gasteiger partial charge < -0.3 is 5.11 Å². The van der Waals surface area contributed by atoms with Crippen molar-refractivity contribution in [2.75, 3.05) is 0 Å². The molecule has 1 N–H and O–H groups in total. The van der Waals surface area contributed by atoms with Crippen LogP contribution in [0.4, 0.5) is 5.00 Å². The third kappa shape index (κ3) is 1.99. The van der Waals surface area contributed by atoms with Crippen LogP contribution in [0.1, 0.15) is 30.7 Å². The second-order valence-electron chi connectivity index (χ2n) is 3.39. The Morgan fingerprint density at radius 3 is 2.80 bits per heavy atom. The topological polar surface area (TPSA) is 76.3 Å². The zero-order chi connectivity index (χ0) is 10.8. The number of allylic oxidation sites excluding steroid dienone is 2. The van der Waals surface area contributed by atoms with E-state index in [0.717, 1.165) is 36.2 Å². The van der Waals surface area contributed by atoms with E-state index in [1.807, 2.05) is 0 Å². The second-order valence-corrected chi connectivity index (χ2v) is 4.40. The zero-order valence-corrected chi connectivity index (χ0v) is 8.79. The van der Waals surface area contributed by atoms with E-state index in [2.05, 4.69) is 4.98 Å². The average Bonchev–Trinajstić information content (AvgIpc) is 2.67. The fraction of sp³-hybridized carbons (Fsp3) is 0.444. The number of nitrogens with zero attached hydrogens (tertiary/aromatic N) is 2. The highest BCUT2D eigenvalue weighted by atomic mass is 32.1. The van der Waals surface area contributed by atoms with Crippen LogP contribution in [-0.4, -0.2) is 15.0 Å². The molecule has 80 valence electrons. The fourth-order valence-electron chi connectivity index (χ4n) is 1.61. The smallest absolute Gasteiger partial charge is 0.344 e. The number of hydrogen-bond donors (Lipinski definition) is 1. The van der Waals surface area contributed by atoms with Crippen molar-refractivity contribution >= 4 is 21.9 Å². The quantitative estimate of drug-likeness (QED) is 0.621. The molecule has 5 nitrogen and oxygen atoms in total. The number of rotatable bonds is 2. The van der Waals surface area contributed by atoms with Crippen LogP contribution in [0.5, 0.6) is 0 Å². The van der Waals surface area contributed by atoms with Gasteiger partial charge in [0.1, 0.15) is 11.2 Å². The molecular weight excluding hydrogens is 216 g/mol. The average molecular weight is 226 g/mol. The maximum Gasteiger partial charge on any atom is 0.344 e. The molecule has 0 bridgehead atoms. The van der Waals surface area contributed by atoms with Crippen molar-refractivity contribution in [2.45, 2.75) is 25.7 Å². The van der Waals surface area contributed by atoms with Gasteiger partial charge in [-0.05, 0) is 30.6 Å². The second kappa shape index (κ2) is 3.98. The summed E-state index contributed by atoms with van der Waals surface area (Å²) in [6, 6.07) is 0.